The van der Waals surface area contributed by atoms with Crippen LogP contribution in [0, 0.1) is 0 Å². The fourth-order valence-corrected chi connectivity index (χ4v) is 2.45. The van der Waals surface area contributed by atoms with Gasteiger partial charge in [-0.25, -0.2) is 0 Å². The topological polar surface area (TPSA) is 32.8 Å². The van der Waals surface area contributed by atoms with E-state index in [0.29, 0.717) is 6.10 Å². The van der Waals surface area contributed by atoms with Crippen LogP contribution in [-0.2, 0) is 4.74 Å². The Labute approximate surface area is 113 Å². The minimum absolute atomic E-state index is 0.0384. The van der Waals surface area contributed by atoms with E-state index in [0.717, 1.165) is 19.4 Å². The van der Waals surface area contributed by atoms with E-state index in [4.69, 9.17) is 4.74 Å². The Morgan fingerprint density at radius 1 is 0.944 bits per heavy atom. The van der Waals surface area contributed by atoms with Gasteiger partial charge in [0.05, 0.1) is 18.8 Å². The molecule has 0 amide bonds. The van der Waals surface area contributed by atoms with Gasteiger partial charge in [0.1, 0.15) is 0 Å². The maximum absolute atomic E-state index is 9.70. The van der Waals surface area contributed by atoms with Gasteiger partial charge in [-0.05, 0) is 19.3 Å². The van der Waals surface area contributed by atoms with Crippen LogP contribution >= 0.6 is 0 Å². The first-order chi connectivity index (χ1) is 8.83. The highest BCUT2D eigenvalue weighted by Crippen LogP contribution is 2.18. The maximum Gasteiger partial charge on any atom is 0.0810 e. The summed E-state index contributed by atoms with van der Waals surface area (Å²) in [5, 5.41) is 9.70. The SMILES string of the molecule is CCCCC(O)CCCCCCCCCC1CO1. The second kappa shape index (κ2) is 10.8. The zero-order valence-electron chi connectivity index (χ0n) is 12.2. The lowest BCUT2D eigenvalue weighted by Crippen LogP contribution is -2.05. The van der Waals surface area contributed by atoms with Crippen molar-refractivity contribution in [3.63, 3.8) is 0 Å². The van der Waals surface area contributed by atoms with Gasteiger partial charge in [-0.3, -0.25) is 0 Å². The largest absolute Gasteiger partial charge is 0.393 e. The third-order valence-corrected chi connectivity index (χ3v) is 3.86. The molecule has 0 aromatic heterocycles. The van der Waals surface area contributed by atoms with E-state index in [-0.39, 0.29) is 6.10 Å². The minimum Gasteiger partial charge on any atom is -0.393 e. The van der Waals surface area contributed by atoms with E-state index < -0.39 is 0 Å². The van der Waals surface area contributed by atoms with Gasteiger partial charge in [-0.1, -0.05) is 64.7 Å². The Kier molecular flexibility index (Phi) is 9.59. The molecule has 0 bridgehead atoms. The fraction of sp³-hybridized carbons (Fsp3) is 1.00. The summed E-state index contributed by atoms with van der Waals surface area (Å²) in [5.74, 6) is 0. The predicted octanol–water partition coefficient (Wildman–Crippen LogP) is 4.45. The zero-order valence-corrected chi connectivity index (χ0v) is 12.2. The van der Waals surface area contributed by atoms with Gasteiger partial charge in [0.2, 0.25) is 0 Å². The Hall–Kier alpha value is -0.0800. The predicted molar refractivity (Wildman–Crippen MR) is 76.8 cm³/mol. The molecule has 2 atom stereocenters. The molecule has 2 nitrogen and oxygen atoms in total. The van der Waals surface area contributed by atoms with E-state index in [1.807, 2.05) is 0 Å². The third kappa shape index (κ3) is 9.90. The number of aliphatic hydroxyl groups excluding tert-OH is 1. The molecule has 1 aliphatic rings. The van der Waals surface area contributed by atoms with Crippen molar-refractivity contribution in [2.24, 2.45) is 0 Å². The molecule has 0 aliphatic carbocycles. The van der Waals surface area contributed by atoms with E-state index >= 15 is 0 Å². The number of ether oxygens (including phenoxy) is 1. The van der Waals surface area contributed by atoms with Crippen molar-refractivity contribution in [3.05, 3.63) is 0 Å². The number of hydrogen-bond acceptors (Lipinski definition) is 2. The monoisotopic (exact) mass is 256 g/mol. The Morgan fingerprint density at radius 3 is 2.11 bits per heavy atom. The van der Waals surface area contributed by atoms with E-state index in [2.05, 4.69) is 6.92 Å². The number of rotatable bonds is 13. The Bertz CT molecular complexity index is 178. The lowest BCUT2D eigenvalue weighted by molar-refractivity contribution is 0.148. The van der Waals surface area contributed by atoms with E-state index in [9.17, 15) is 5.11 Å². The summed E-state index contributed by atoms with van der Waals surface area (Å²) >= 11 is 0. The van der Waals surface area contributed by atoms with Crippen LogP contribution in [0.25, 0.3) is 0 Å². The highest BCUT2D eigenvalue weighted by atomic mass is 16.6. The first-order valence-corrected chi connectivity index (χ1v) is 8.12. The van der Waals surface area contributed by atoms with E-state index in [1.165, 1.54) is 64.2 Å². The summed E-state index contributed by atoms with van der Waals surface area (Å²) < 4.78 is 5.19. The average Bonchev–Trinajstić information content (AvgIpc) is 3.18. The van der Waals surface area contributed by atoms with Gasteiger partial charge in [0, 0.05) is 0 Å². The molecule has 1 N–H and O–H groups in total. The molecular weight excluding hydrogens is 224 g/mol. The number of hydrogen-bond donors (Lipinski definition) is 1. The normalized spacial score (nSPS) is 20.0. The van der Waals surface area contributed by atoms with Gasteiger partial charge in [-0.15, -0.1) is 0 Å². The summed E-state index contributed by atoms with van der Waals surface area (Å²) in [6.45, 7) is 3.20. The number of aliphatic hydroxyl groups is 1. The highest BCUT2D eigenvalue weighted by molar-refractivity contribution is 4.68. The molecule has 2 heteroatoms. The van der Waals surface area contributed by atoms with Crippen molar-refractivity contribution in [2.45, 2.75) is 96.2 Å². The van der Waals surface area contributed by atoms with Crippen LogP contribution in [0.1, 0.15) is 84.0 Å². The van der Waals surface area contributed by atoms with Crippen LogP contribution in [0.5, 0.6) is 0 Å². The molecule has 1 heterocycles. The summed E-state index contributed by atoms with van der Waals surface area (Å²) in [7, 11) is 0. The summed E-state index contributed by atoms with van der Waals surface area (Å²) in [6, 6.07) is 0. The smallest absolute Gasteiger partial charge is 0.0810 e. The van der Waals surface area contributed by atoms with Crippen molar-refractivity contribution in [1.29, 1.82) is 0 Å². The molecule has 18 heavy (non-hydrogen) atoms. The molecule has 0 aromatic carbocycles. The Balaban J connectivity index is 1.69. The van der Waals surface area contributed by atoms with Crippen molar-refractivity contribution >= 4 is 0 Å². The van der Waals surface area contributed by atoms with Gasteiger partial charge >= 0.3 is 0 Å². The quantitative estimate of drug-likeness (QED) is 0.390. The van der Waals surface area contributed by atoms with Crippen LogP contribution < -0.4 is 0 Å². The lowest BCUT2D eigenvalue weighted by Gasteiger charge is -2.09. The molecule has 108 valence electrons. The summed E-state index contributed by atoms with van der Waals surface area (Å²) in [5.41, 5.74) is 0. The second-order valence-electron chi connectivity index (χ2n) is 5.80. The molecular formula is C16H32O2. The van der Waals surface area contributed by atoms with Crippen LogP contribution in [0.2, 0.25) is 0 Å². The van der Waals surface area contributed by atoms with Gasteiger partial charge < -0.3 is 9.84 Å². The van der Waals surface area contributed by atoms with Crippen LogP contribution in [0.15, 0.2) is 0 Å². The molecule has 0 aromatic rings. The van der Waals surface area contributed by atoms with Crippen molar-refractivity contribution in [3.8, 4) is 0 Å². The minimum atomic E-state index is -0.0384. The highest BCUT2D eigenvalue weighted by Gasteiger charge is 2.20. The molecule has 1 fully saturated rings. The standard InChI is InChI=1S/C16H32O2/c1-2-3-11-15(17)12-9-7-5-4-6-8-10-13-16-14-18-16/h15-17H,2-14H2,1H3. The van der Waals surface area contributed by atoms with Crippen molar-refractivity contribution < 1.29 is 9.84 Å². The molecule has 0 radical (unpaired) electrons. The Morgan fingerprint density at radius 2 is 1.50 bits per heavy atom. The molecule has 0 spiro atoms. The van der Waals surface area contributed by atoms with Gasteiger partial charge in [0.25, 0.3) is 0 Å². The van der Waals surface area contributed by atoms with E-state index in [1.54, 1.807) is 0 Å². The molecule has 2 unspecified atom stereocenters. The second-order valence-corrected chi connectivity index (χ2v) is 5.80. The third-order valence-electron chi connectivity index (χ3n) is 3.86. The molecule has 1 saturated heterocycles. The molecule has 1 aliphatic heterocycles. The van der Waals surface area contributed by atoms with Crippen LogP contribution in [-0.4, -0.2) is 23.9 Å². The average molecular weight is 256 g/mol. The first kappa shape index (κ1) is 16.0. The number of epoxide rings is 1. The van der Waals surface area contributed by atoms with Crippen molar-refractivity contribution in [1.82, 2.24) is 0 Å². The summed E-state index contributed by atoms with van der Waals surface area (Å²) in [6.07, 6.45) is 15.6. The van der Waals surface area contributed by atoms with Gasteiger partial charge in [0.15, 0.2) is 0 Å². The van der Waals surface area contributed by atoms with Crippen LogP contribution in [0.3, 0.4) is 0 Å². The molecule has 1 rings (SSSR count). The summed E-state index contributed by atoms with van der Waals surface area (Å²) in [4.78, 5) is 0. The van der Waals surface area contributed by atoms with Crippen molar-refractivity contribution in [2.75, 3.05) is 6.61 Å². The fourth-order valence-electron chi connectivity index (χ4n) is 2.45. The van der Waals surface area contributed by atoms with Crippen LogP contribution in [0.4, 0.5) is 0 Å². The van der Waals surface area contributed by atoms with Gasteiger partial charge in [-0.2, -0.15) is 0 Å². The zero-order chi connectivity index (χ0) is 13.1. The maximum atomic E-state index is 9.70. The lowest BCUT2D eigenvalue weighted by atomic mass is 10.0. The molecule has 0 saturated carbocycles. The first-order valence-electron chi connectivity index (χ1n) is 8.12. The number of unbranched alkanes of at least 4 members (excludes halogenated alkanes) is 7.